The molecule has 0 aliphatic carbocycles. The first-order valence-corrected chi connectivity index (χ1v) is 8.73. The zero-order valence-corrected chi connectivity index (χ0v) is 15.2. The minimum atomic E-state index is -4.47. The zero-order valence-electron chi connectivity index (χ0n) is 14.4. The summed E-state index contributed by atoms with van der Waals surface area (Å²) in [4.78, 5) is 27.9. The van der Waals surface area contributed by atoms with Crippen LogP contribution in [0.1, 0.15) is 21.5 Å². The molecule has 0 bridgehead atoms. The summed E-state index contributed by atoms with van der Waals surface area (Å²) in [6.07, 6.45) is -2.88. The zero-order chi connectivity index (χ0) is 20.3. The fourth-order valence-electron chi connectivity index (χ4n) is 2.33. The molecule has 1 aliphatic rings. The third-order valence-corrected chi connectivity index (χ3v) is 4.59. The van der Waals surface area contributed by atoms with Gasteiger partial charge in [0.25, 0.3) is 5.91 Å². The minimum absolute atomic E-state index is 0.0845. The number of aliphatic imine (C=N–C) groups is 1. The van der Waals surface area contributed by atoms with E-state index in [0.717, 1.165) is 23.9 Å². The number of hydrogen-bond donors (Lipinski definition) is 1. The highest BCUT2D eigenvalue weighted by atomic mass is 32.2. The van der Waals surface area contributed by atoms with Gasteiger partial charge in [-0.15, -0.1) is 0 Å². The smallest absolute Gasteiger partial charge is 0.416 e. The van der Waals surface area contributed by atoms with Crippen molar-refractivity contribution in [2.45, 2.75) is 6.18 Å². The van der Waals surface area contributed by atoms with Gasteiger partial charge in [-0.2, -0.15) is 13.2 Å². The molecule has 1 aliphatic heterocycles. The standard InChI is InChI=1S/C19H13F3N2O3S/c1-27-17(26)12-7-5-11(6-8-12)9-15-16(25)24-18(28-15)23-14-4-2-3-13(10-14)19(20,21)22/h2-10H,1H3,(H,23,24,25)/b15-9+. The Kier molecular flexibility index (Phi) is 5.55. The van der Waals surface area contributed by atoms with E-state index >= 15 is 0 Å². The van der Waals surface area contributed by atoms with Gasteiger partial charge in [-0.25, -0.2) is 9.79 Å². The van der Waals surface area contributed by atoms with Crippen molar-refractivity contribution in [3.8, 4) is 0 Å². The molecule has 0 radical (unpaired) electrons. The van der Waals surface area contributed by atoms with E-state index in [2.05, 4.69) is 15.0 Å². The Morgan fingerprint density at radius 2 is 1.89 bits per heavy atom. The SMILES string of the molecule is COC(=O)c1ccc(/C=C2/SC(=Nc3cccc(C(F)(F)F)c3)NC2=O)cc1. The Morgan fingerprint density at radius 1 is 1.18 bits per heavy atom. The number of nitrogens with zero attached hydrogens (tertiary/aromatic N) is 1. The molecule has 0 aromatic heterocycles. The molecular weight excluding hydrogens is 393 g/mol. The number of hydrogen-bond acceptors (Lipinski definition) is 5. The second-order valence-corrected chi connectivity index (χ2v) is 6.67. The summed E-state index contributed by atoms with van der Waals surface area (Å²) >= 11 is 1.01. The number of benzene rings is 2. The van der Waals surface area contributed by atoms with Crippen LogP contribution in [0.25, 0.3) is 6.08 Å². The van der Waals surface area contributed by atoms with Gasteiger partial charge >= 0.3 is 12.1 Å². The van der Waals surface area contributed by atoms with Crippen molar-refractivity contribution in [2.24, 2.45) is 4.99 Å². The van der Waals surface area contributed by atoms with Crippen LogP contribution >= 0.6 is 11.8 Å². The molecule has 2 aromatic carbocycles. The molecule has 2 aromatic rings. The van der Waals surface area contributed by atoms with E-state index in [4.69, 9.17) is 0 Å². The number of amides is 1. The molecule has 1 amide bonds. The number of methoxy groups -OCH3 is 1. The van der Waals surface area contributed by atoms with Crippen LogP contribution in [0.2, 0.25) is 0 Å². The number of nitrogens with one attached hydrogen (secondary N) is 1. The normalized spacial score (nSPS) is 17.1. The molecule has 5 nitrogen and oxygen atoms in total. The highest BCUT2D eigenvalue weighted by Gasteiger charge is 2.30. The number of carbonyl (C=O) groups excluding carboxylic acids is 2. The summed E-state index contributed by atoms with van der Waals surface area (Å²) < 4.78 is 43.0. The molecule has 1 heterocycles. The number of rotatable bonds is 3. The molecule has 0 saturated carbocycles. The Bertz CT molecular complexity index is 983. The lowest BCUT2D eigenvalue weighted by Crippen LogP contribution is -2.19. The van der Waals surface area contributed by atoms with Crippen LogP contribution in [-0.4, -0.2) is 24.2 Å². The number of amidine groups is 1. The van der Waals surface area contributed by atoms with Crippen LogP contribution in [0.5, 0.6) is 0 Å². The topological polar surface area (TPSA) is 67.8 Å². The lowest BCUT2D eigenvalue weighted by molar-refractivity contribution is -0.137. The van der Waals surface area contributed by atoms with Gasteiger partial charge in [0.1, 0.15) is 0 Å². The maximum Gasteiger partial charge on any atom is 0.416 e. The lowest BCUT2D eigenvalue weighted by atomic mass is 10.1. The molecule has 1 saturated heterocycles. The third kappa shape index (κ3) is 4.61. The van der Waals surface area contributed by atoms with Crippen molar-refractivity contribution < 1.29 is 27.5 Å². The molecular formula is C19H13F3N2O3S. The van der Waals surface area contributed by atoms with Crippen molar-refractivity contribution in [1.29, 1.82) is 0 Å². The van der Waals surface area contributed by atoms with E-state index in [9.17, 15) is 22.8 Å². The molecule has 1 N–H and O–H groups in total. The quantitative estimate of drug-likeness (QED) is 0.607. The van der Waals surface area contributed by atoms with Crippen LogP contribution in [-0.2, 0) is 15.7 Å². The second kappa shape index (κ2) is 7.89. The molecule has 28 heavy (non-hydrogen) atoms. The Hall–Kier alpha value is -3.07. The molecule has 1 fully saturated rings. The lowest BCUT2D eigenvalue weighted by Gasteiger charge is -2.06. The van der Waals surface area contributed by atoms with Crippen LogP contribution in [0, 0.1) is 0 Å². The van der Waals surface area contributed by atoms with Gasteiger partial charge in [-0.3, -0.25) is 4.79 Å². The maximum absolute atomic E-state index is 12.8. The first kappa shape index (κ1) is 19.7. The van der Waals surface area contributed by atoms with Crippen LogP contribution in [0.3, 0.4) is 0 Å². The maximum atomic E-state index is 12.8. The van der Waals surface area contributed by atoms with Gasteiger partial charge < -0.3 is 10.1 Å². The van der Waals surface area contributed by atoms with Gasteiger partial charge in [0.15, 0.2) is 5.17 Å². The summed E-state index contributed by atoms with van der Waals surface area (Å²) in [5, 5.41) is 2.70. The third-order valence-electron chi connectivity index (χ3n) is 3.68. The van der Waals surface area contributed by atoms with E-state index in [1.807, 2.05) is 0 Å². The second-order valence-electron chi connectivity index (χ2n) is 5.64. The number of alkyl halides is 3. The average Bonchev–Trinajstić information content (AvgIpc) is 3.00. The Morgan fingerprint density at radius 3 is 2.54 bits per heavy atom. The molecule has 0 spiro atoms. The van der Waals surface area contributed by atoms with E-state index in [1.54, 1.807) is 30.3 Å². The van der Waals surface area contributed by atoms with Gasteiger partial charge in [-0.1, -0.05) is 18.2 Å². The Labute approximate surface area is 162 Å². The first-order chi connectivity index (χ1) is 13.3. The summed E-state index contributed by atoms with van der Waals surface area (Å²) in [7, 11) is 1.28. The van der Waals surface area contributed by atoms with Crippen molar-refractivity contribution in [2.75, 3.05) is 7.11 Å². The number of carbonyl (C=O) groups is 2. The van der Waals surface area contributed by atoms with Gasteiger partial charge in [0, 0.05) is 0 Å². The molecule has 0 atom stereocenters. The number of halogens is 3. The number of thioether (sulfide) groups is 1. The summed E-state index contributed by atoms with van der Waals surface area (Å²) in [6.45, 7) is 0. The summed E-state index contributed by atoms with van der Waals surface area (Å²) in [5.41, 5.74) is 0.317. The van der Waals surface area contributed by atoms with Crippen LogP contribution < -0.4 is 5.32 Å². The molecule has 3 rings (SSSR count). The first-order valence-electron chi connectivity index (χ1n) is 7.91. The summed E-state index contributed by atoms with van der Waals surface area (Å²) in [5.74, 6) is -0.879. The highest BCUT2D eigenvalue weighted by molar-refractivity contribution is 8.18. The number of ether oxygens (including phenoxy) is 1. The van der Waals surface area contributed by atoms with Crippen LogP contribution in [0.4, 0.5) is 18.9 Å². The van der Waals surface area contributed by atoms with Crippen molar-refractivity contribution in [3.63, 3.8) is 0 Å². The van der Waals surface area contributed by atoms with E-state index in [0.29, 0.717) is 16.0 Å². The van der Waals surface area contributed by atoms with E-state index in [-0.39, 0.29) is 10.9 Å². The fourth-order valence-corrected chi connectivity index (χ4v) is 3.18. The predicted octanol–water partition coefficient (Wildman–Crippen LogP) is 4.38. The fraction of sp³-hybridized carbons (Fsp3) is 0.105. The van der Waals surface area contributed by atoms with Gasteiger partial charge in [-0.05, 0) is 53.7 Å². The molecule has 144 valence electrons. The van der Waals surface area contributed by atoms with Crippen molar-refractivity contribution in [3.05, 3.63) is 70.1 Å². The van der Waals surface area contributed by atoms with Crippen molar-refractivity contribution in [1.82, 2.24) is 5.32 Å². The number of esters is 1. The monoisotopic (exact) mass is 406 g/mol. The van der Waals surface area contributed by atoms with E-state index < -0.39 is 23.6 Å². The van der Waals surface area contributed by atoms with Crippen LogP contribution in [0.15, 0.2) is 58.4 Å². The predicted molar refractivity (Wildman–Crippen MR) is 100 cm³/mol. The molecule has 9 heteroatoms. The van der Waals surface area contributed by atoms with Gasteiger partial charge in [0.05, 0.1) is 28.8 Å². The van der Waals surface area contributed by atoms with E-state index in [1.165, 1.54) is 19.2 Å². The summed E-state index contributed by atoms with van der Waals surface area (Å²) in [6, 6.07) is 11.0. The highest BCUT2D eigenvalue weighted by Crippen LogP contribution is 2.33. The van der Waals surface area contributed by atoms with Gasteiger partial charge in [0.2, 0.25) is 0 Å². The Balaban J connectivity index is 1.79. The van der Waals surface area contributed by atoms with Crippen molar-refractivity contribution >= 4 is 40.6 Å². The largest absolute Gasteiger partial charge is 0.465 e. The molecule has 0 unspecified atom stereocenters. The minimum Gasteiger partial charge on any atom is -0.465 e. The average molecular weight is 406 g/mol.